The zero-order chi connectivity index (χ0) is 19.9. The minimum absolute atomic E-state index is 0.00141. The lowest BCUT2D eigenvalue weighted by Crippen LogP contribution is -2.46. The molecule has 0 aromatic heterocycles. The summed E-state index contributed by atoms with van der Waals surface area (Å²) >= 11 is 0. The first kappa shape index (κ1) is 21.8. The van der Waals surface area contributed by atoms with Crippen molar-refractivity contribution in [2.24, 2.45) is 11.7 Å². The van der Waals surface area contributed by atoms with Crippen LogP contribution in [0.1, 0.15) is 44.9 Å². The number of benzene rings is 1. The summed E-state index contributed by atoms with van der Waals surface area (Å²) in [4.78, 5) is 12.3. The van der Waals surface area contributed by atoms with Crippen LogP contribution in [0.5, 0.6) is 0 Å². The van der Waals surface area contributed by atoms with Gasteiger partial charge < -0.3 is 11.1 Å². The van der Waals surface area contributed by atoms with Crippen molar-refractivity contribution in [3.05, 3.63) is 30.1 Å². The third kappa shape index (κ3) is 6.26. The number of nitrogens with two attached hydrogens (primary N) is 1. The van der Waals surface area contributed by atoms with Crippen molar-refractivity contribution in [2.45, 2.75) is 55.9 Å². The lowest BCUT2D eigenvalue weighted by atomic mass is 9.84. The van der Waals surface area contributed by atoms with Crippen LogP contribution in [0.4, 0.5) is 4.39 Å². The minimum atomic E-state index is -3.68. The third-order valence-corrected chi connectivity index (χ3v) is 7.09. The number of carbonyl (C=O) groups is 1. The Hall–Kier alpha value is -1.51. The van der Waals surface area contributed by atoms with Gasteiger partial charge in [-0.05, 0) is 49.4 Å². The van der Waals surface area contributed by atoms with E-state index in [1.54, 1.807) is 0 Å². The van der Waals surface area contributed by atoms with Crippen molar-refractivity contribution in [2.75, 3.05) is 20.1 Å². The number of halogens is 1. The molecule has 1 aromatic rings. The monoisotopic (exact) mass is 399 g/mol. The van der Waals surface area contributed by atoms with E-state index in [0.717, 1.165) is 25.0 Å². The van der Waals surface area contributed by atoms with Gasteiger partial charge in [-0.25, -0.2) is 17.1 Å². The Morgan fingerprint density at radius 3 is 2.48 bits per heavy atom. The Kier molecular flexibility index (Phi) is 8.19. The molecule has 0 aliphatic heterocycles. The third-order valence-electron chi connectivity index (χ3n) is 5.22. The number of rotatable bonds is 9. The fraction of sp³-hybridized carbons (Fsp3) is 0.632. The lowest BCUT2D eigenvalue weighted by molar-refractivity contribution is -0.122. The van der Waals surface area contributed by atoms with Crippen molar-refractivity contribution in [3.63, 3.8) is 0 Å². The highest BCUT2D eigenvalue weighted by Crippen LogP contribution is 2.26. The zero-order valence-electron chi connectivity index (χ0n) is 15.9. The van der Waals surface area contributed by atoms with Crippen LogP contribution in [0, 0.1) is 11.7 Å². The van der Waals surface area contributed by atoms with Crippen LogP contribution in [-0.4, -0.2) is 44.8 Å². The summed E-state index contributed by atoms with van der Waals surface area (Å²) in [5.74, 6) is -0.140. The van der Waals surface area contributed by atoms with Crippen molar-refractivity contribution in [1.29, 1.82) is 0 Å². The van der Waals surface area contributed by atoms with Gasteiger partial charge in [-0.3, -0.25) is 4.79 Å². The number of nitrogens with zero attached hydrogens (tertiary/aromatic N) is 1. The molecule has 1 aliphatic rings. The number of carbonyl (C=O) groups excluding carboxylic acids is 1. The van der Waals surface area contributed by atoms with E-state index >= 15 is 0 Å². The molecule has 152 valence electrons. The zero-order valence-corrected chi connectivity index (χ0v) is 16.7. The van der Waals surface area contributed by atoms with Crippen molar-refractivity contribution in [3.8, 4) is 0 Å². The van der Waals surface area contributed by atoms with Gasteiger partial charge in [0.1, 0.15) is 5.82 Å². The molecule has 0 radical (unpaired) electrons. The van der Waals surface area contributed by atoms with Gasteiger partial charge in [-0.1, -0.05) is 19.3 Å². The van der Waals surface area contributed by atoms with E-state index in [4.69, 9.17) is 5.73 Å². The summed E-state index contributed by atoms with van der Waals surface area (Å²) in [6.07, 6.45) is 6.46. The quantitative estimate of drug-likeness (QED) is 0.666. The van der Waals surface area contributed by atoms with E-state index in [1.807, 2.05) is 0 Å². The van der Waals surface area contributed by atoms with Crippen LogP contribution in [0.2, 0.25) is 0 Å². The first-order valence-corrected chi connectivity index (χ1v) is 11.0. The SMILES string of the molecule is CN(CCCC(=O)NC(CN)C1CCCCC1)S(=O)(=O)c1ccc(F)cc1. The normalized spacial score (nSPS) is 17.0. The molecule has 3 N–H and O–H groups in total. The molecule has 1 saturated carbocycles. The first-order chi connectivity index (χ1) is 12.8. The highest BCUT2D eigenvalue weighted by molar-refractivity contribution is 7.89. The summed E-state index contributed by atoms with van der Waals surface area (Å²) in [6, 6.07) is 4.71. The Labute approximate surface area is 161 Å². The average Bonchev–Trinajstić information content (AvgIpc) is 2.67. The maximum atomic E-state index is 13.0. The van der Waals surface area contributed by atoms with E-state index in [2.05, 4.69) is 5.32 Å². The molecule has 1 aliphatic carbocycles. The molecule has 1 unspecified atom stereocenters. The Bertz CT molecular complexity index is 703. The Morgan fingerprint density at radius 1 is 1.26 bits per heavy atom. The predicted octanol–water partition coefficient (Wildman–Crippen LogP) is 2.25. The molecule has 1 fully saturated rings. The predicted molar refractivity (Wildman–Crippen MR) is 103 cm³/mol. The Morgan fingerprint density at radius 2 is 1.89 bits per heavy atom. The highest BCUT2D eigenvalue weighted by Gasteiger charge is 2.24. The van der Waals surface area contributed by atoms with Gasteiger partial charge >= 0.3 is 0 Å². The summed E-state index contributed by atoms with van der Waals surface area (Å²) in [5, 5.41) is 3.01. The molecule has 0 heterocycles. The van der Waals surface area contributed by atoms with Crippen LogP contribution in [0.3, 0.4) is 0 Å². The maximum absolute atomic E-state index is 13.0. The van der Waals surface area contributed by atoms with E-state index in [1.165, 1.54) is 42.7 Å². The number of amides is 1. The van der Waals surface area contributed by atoms with Gasteiger partial charge in [0.2, 0.25) is 15.9 Å². The van der Waals surface area contributed by atoms with E-state index in [0.29, 0.717) is 18.9 Å². The van der Waals surface area contributed by atoms with E-state index in [-0.39, 0.29) is 29.8 Å². The molecule has 0 saturated heterocycles. The molecule has 2 rings (SSSR count). The molecule has 6 nitrogen and oxygen atoms in total. The summed E-state index contributed by atoms with van der Waals surface area (Å²) in [5.41, 5.74) is 5.83. The van der Waals surface area contributed by atoms with Crippen LogP contribution in [-0.2, 0) is 14.8 Å². The minimum Gasteiger partial charge on any atom is -0.352 e. The van der Waals surface area contributed by atoms with Gasteiger partial charge in [-0.2, -0.15) is 0 Å². The molecule has 1 atom stereocenters. The molecule has 8 heteroatoms. The van der Waals surface area contributed by atoms with Crippen LogP contribution >= 0.6 is 0 Å². The van der Waals surface area contributed by atoms with Crippen molar-refractivity contribution in [1.82, 2.24) is 9.62 Å². The molecule has 0 spiro atoms. The summed E-state index contributed by atoms with van der Waals surface area (Å²) in [7, 11) is -2.22. The van der Waals surface area contributed by atoms with Crippen molar-refractivity contribution >= 4 is 15.9 Å². The molecular formula is C19H30FN3O3S. The van der Waals surface area contributed by atoms with Gasteiger partial charge in [0.25, 0.3) is 0 Å². The highest BCUT2D eigenvalue weighted by atomic mass is 32.2. The number of hydrogen-bond donors (Lipinski definition) is 2. The fourth-order valence-electron chi connectivity index (χ4n) is 3.55. The smallest absolute Gasteiger partial charge is 0.242 e. The average molecular weight is 400 g/mol. The second-order valence-corrected chi connectivity index (χ2v) is 9.24. The van der Waals surface area contributed by atoms with Crippen molar-refractivity contribution < 1.29 is 17.6 Å². The Balaban J connectivity index is 1.80. The number of nitrogens with one attached hydrogen (secondary N) is 1. The molecule has 0 bridgehead atoms. The van der Waals surface area contributed by atoms with Gasteiger partial charge in [0.15, 0.2) is 0 Å². The topological polar surface area (TPSA) is 92.5 Å². The van der Waals surface area contributed by atoms with E-state index in [9.17, 15) is 17.6 Å². The van der Waals surface area contributed by atoms with Gasteiger partial charge in [0, 0.05) is 32.6 Å². The molecule has 1 aromatic carbocycles. The largest absolute Gasteiger partial charge is 0.352 e. The van der Waals surface area contributed by atoms with E-state index < -0.39 is 15.8 Å². The summed E-state index contributed by atoms with van der Waals surface area (Å²) < 4.78 is 39.0. The number of sulfonamides is 1. The van der Waals surface area contributed by atoms with Crippen LogP contribution in [0.25, 0.3) is 0 Å². The van der Waals surface area contributed by atoms with Gasteiger partial charge in [-0.15, -0.1) is 0 Å². The maximum Gasteiger partial charge on any atom is 0.242 e. The summed E-state index contributed by atoms with van der Waals surface area (Å²) in [6.45, 7) is 0.638. The number of hydrogen-bond acceptors (Lipinski definition) is 4. The van der Waals surface area contributed by atoms with Crippen LogP contribution < -0.4 is 11.1 Å². The lowest BCUT2D eigenvalue weighted by Gasteiger charge is -2.30. The molecular weight excluding hydrogens is 369 g/mol. The second-order valence-electron chi connectivity index (χ2n) is 7.19. The molecule has 27 heavy (non-hydrogen) atoms. The fourth-order valence-corrected chi connectivity index (χ4v) is 4.76. The second kappa shape index (κ2) is 10.1. The standard InChI is InChI=1S/C19H30FN3O3S/c1-23(27(25,26)17-11-9-16(20)10-12-17)13-5-8-19(24)22-18(14-21)15-6-3-2-4-7-15/h9-12,15,18H,2-8,13-14,21H2,1H3,(H,22,24). The van der Waals surface area contributed by atoms with Crippen LogP contribution in [0.15, 0.2) is 29.2 Å². The van der Waals surface area contributed by atoms with Gasteiger partial charge in [0.05, 0.1) is 4.90 Å². The first-order valence-electron chi connectivity index (χ1n) is 9.56. The molecule has 1 amide bonds.